The molecule has 2 aromatic heterocycles. The van der Waals surface area contributed by atoms with E-state index in [4.69, 9.17) is 4.74 Å². The smallest absolute Gasteiger partial charge is 0.332 e. The average molecular weight is 472 g/mol. The molecule has 5 aromatic rings. The van der Waals surface area contributed by atoms with Crippen LogP contribution in [0.5, 0.6) is 5.75 Å². The Morgan fingerprint density at radius 2 is 1.62 bits per heavy atom. The molecule has 0 saturated carbocycles. The number of aromatic nitrogens is 2. The van der Waals surface area contributed by atoms with Gasteiger partial charge in [-0.3, -0.25) is 18.7 Å². The molecule has 0 spiro atoms. The van der Waals surface area contributed by atoms with Crippen LogP contribution in [-0.2, 0) is 17.9 Å². The molecular weight excluding hydrogens is 450 g/mol. The Bertz CT molecular complexity index is 1630. The number of benzene rings is 3. The van der Waals surface area contributed by atoms with E-state index in [1.165, 1.54) is 27.6 Å². The SMILES string of the molecule is COc1ccccc1NC(=O)Cn1c(=O)n(Cc2ccccc2)c(=O)c2sc3ccccc3c21. The maximum atomic E-state index is 13.6. The summed E-state index contributed by atoms with van der Waals surface area (Å²) in [6.45, 7) is -0.125. The number of nitrogens with zero attached hydrogens (tertiary/aromatic N) is 2. The number of ether oxygens (including phenoxy) is 1. The molecule has 2 heterocycles. The second-order valence-corrected chi connectivity index (χ2v) is 8.82. The van der Waals surface area contributed by atoms with Gasteiger partial charge in [0.25, 0.3) is 5.56 Å². The van der Waals surface area contributed by atoms with Crippen LogP contribution in [0.3, 0.4) is 0 Å². The Labute approximate surface area is 198 Å². The first-order chi connectivity index (χ1) is 16.6. The minimum atomic E-state index is -0.528. The molecule has 3 aromatic carbocycles. The monoisotopic (exact) mass is 471 g/mol. The number of amides is 1. The predicted octanol–water partition coefficient (Wildman–Crippen LogP) is 4.07. The number of hydrogen-bond acceptors (Lipinski definition) is 5. The minimum Gasteiger partial charge on any atom is -0.495 e. The van der Waals surface area contributed by atoms with E-state index in [0.29, 0.717) is 21.7 Å². The number of thiophene rings is 1. The predicted molar refractivity (Wildman–Crippen MR) is 135 cm³/mol. The van der Waals surface area contributed by atoms with E-state index in [1.54, 1.807) is 24.3 Å². The van der Waals surface area contributed by atoms with Crippen molar-refractivity contribution in [2.75, 3.05) is 12.4 Å². The third-order valence-electron chi connectivity index (χ3n) is 5.61. The van der Waals surface area contributed by atoms with E-state index in [0.717, 1.165) is 15.6 Å². The van der Waals surface area contributed by atoms with Gasteiger partial charge in [-0.15, -0.1) is 11.3 Å². The summed E-state index contributed by atoms with van der Waals surface area (Å²) in [5.74, 6) is 0.122. The number of fused-ring (bicyclic) bond motifs is 3. The molecular formula is C26H21N3O4S. The quantitative estimate of drug-likeness (QED) is 0.405. The fourth-order valence-electron chi connectivity index (χ4n) is 4.03. The lowest BCUT2D eigenvalue weighted by molar-refractivity contribution is -0.116. The van der Waals surface area contributed by atoms with Gasteiger partial charge in [0.2, 0.25) is 5.91 Å². The summed E-state index contributed by atoms with van der Waals surface area (Å²) in [6, 6.07) is 23.9. The van der Waals surface area contributed by atoms with Crippen LogP contribution in [0, 0.1) is 0 Å². The summed E-state index contributed by atoms with van der Waals surface area (Å²) in [4.78, 5) is 40.0. The molecule has 0 bridgehead atoms. The molecule has 0 aliphatic heterocycles. The highest BCUT2D eigenvalue weighted by molar-refractivity contribution is 7.25. The van der Waals surface area contributed by atoms with Crippen molar-refractivity contribution < 1.29 is 9.53 Å². The molecule has 34 heavy (non-hydrogen) atoms. The van der Waals surface area contributed by atoms with Gasteiger partial charge in [0, 0.05) is 10.1 Å². The van der Waals surface area contributed by atoms with Crippen LogP contribution in [0.4, 0.5) is 5.69 Å². The van der Waals surface area contributed by atoms with Crippen molar-refractivity contribution in [1.29, 1.82) is 0 Å². The first-order valence-electron chi connectivity index (χ1n) is 10.7. The minimum absolute atomic E-state index is 0.122. The van der Waals surface area contributed by atoms with Gasteiger partial charge in [0.1, 0.15) is 17.0 Å². The van der Waals surface area contributed by atoms with Crippen LogP contribution in [0.15, 0.2) is 88.5 Å². The van der Waals surface area contributed by atoms with E-state index in [-0.39, 0.29) is 18.6 Å². The molecule has 8 heteroatoms. The summed E-state index contributed by atoms with van der Waals surface area (Å²) in [5.41, 5.74) is 0.931. The maximum Gasteiger partial charge on any atom is 0.332 e. The normalized spacial score (nSPS) is 11.1. The van der Waals surface area contributed by atoms with E-state index < -0.39 is 11.6 Å². The molecule has 1 N–H and O–H groups in total. The van der Waals surface area contributed by atoms with Crippen LogP contribution in [0.2, 0.25) is 0 Å². The van der Waals surface area contributed by atoms with Crippen LogP contribution < -0.4 is 21.3 Å². The number of anilines is 1. The zero-order valence-electron chi connectivity index (χ0n) is 18.4. The van der Waals surface area contributed by atoms with Gasteiger partial charge >= 0.3 is 5.69 Å². The van der Waals surface area contributed by atoms with Crippen molar-refractivity contribution in [1.82, 2.24) is 9.13 Å². The van der Waals surface area contributed by atoms with Gasteiger partial charge in [-0.05, 0) is 23.8 Å². The second kappa shape index (κ2) is 8.99. The molecule has 0 radical (unpaired) electrons. The Kier molecular flexibility index (Phi) is 5.73. The molecule has 0 aliphatic carbocycles. The van der Waals surface area contributed by atoms with Gasteiger partial charge in [-0.2, -0.15) is 0 Å². The fourth-order valence-corrected chi connectivity index (χ4v) is 5.18. The summed E-state index contributed by atoms with van der Waals surface area (Å²) in [5, 5.41) is 3.59. The largest absolute Gasteiger partial charge is 0.495 e. The maximum absolute atomic E-state index is 13.6. The van der Waals surface area contributed by atoms with Crippen molar-refractivity contribution in [3.05, 3.63) is 105 Å². The Balaban J connectivity index is 1.65. The zero-order chi connectivity index (χ0) is 23.7. The van der Waals surface area contributed by atoms with E-state index >= 15 is 0 Å². The highest BCUT2D eigenvalue weighted by Crippen LogP contribution is 2.31. The summed E-state index contributed by atoms with van der Waals surface area (Å²) in [6.07, 6.45) is 0. The van der Waals surface area contributed by atoms with Gasteiger partial charge in [0.15, 0.2) is 0 Å². The van der Waals surface area contributed by atoms with Gasteiger partial charge in [-0.25, -0.2) is 4.79 Å². The van der Waals surface area contributed by atoms with Gasteiger partial charge < -0.3 is 10.1 Å². The lowest BCUT2D eigenvalue weighted by Gasteiger charge is -2.14. The Morgan fingerprint density at radius 3 is 2.41 bits per heavy atom. The molecule has 0 aliphatic rings. The highest BCUT2D eigenvalue weighted by Gasteiger charge is 2.20. The van der Waals surface area contributed by atoms with Gasteiger partial charge in [-0.1, -0.05) is 60.7 Å². The van der Waals surface area contributed by atoms with E-state index in [2.05, 4.69) is 5.32 Å². The number of nitrogens with one attached hydrogen (secondary N) is 1. The molecule has 7 nitrogen and oxygen atoms in total. The molecule has 1 amide bonds. The number of para-hydroxylation sites is 2. The summed E-state index contributed by atoms with van der Waals surface area (Å²) < 4.78 is 9.23. The summed E-state index contributed by atoms with van der Waals surface area (Å²) >= 11 is 1.33. The topological polar surface area (TPSA) is 82.3 Å². The second-order valence-electron chi connectivity index (χ2n) is 7.77. The lowest BCUT2D eigenvalue weighted by atomic mass is 10.2. The number of carbonyl (C=O) groups excluding carboxylic acids is 1. The van der Waals surface area contributed by atoms with Crippen molar-refractivity contribution >= 4 is 43.2 Å². The van der Waals surface area contributed by atoms with Crippen LogP contribution in [0.1, 0.15) is 5.56 Å². The summed E-state index contributed by atoms with van der Waals surface area (Å²) in [7, 11) is 1.52. The van der Waals surface area contributed by atoms with Crippen molar-refractivity contribution in [3.8, 4) is 5.75 Å². The molecule has 0 saturated heterocycles. The molecule has 170 valence electrons. The Morgan fingerprint density at radius 1 is 0.912 bits per heavy atom. The molecule has 0 unspecified atom stereocenters. The number of rotatable bonds is 6. The van der Waals surface area contributed by atoms with E-state index in [9.17, 15) is 14.4 Å². The fraction of sp³-hybridized carbons (Fsp3) is 0.115. The van der Waals surface area contributed by atoms with Crippen LogP contribution >= 0.6 is 11.3 Å². The third kappa shape index (κ3) is 3.88. The van der Waals surface area contributed by atoms with Gasteiger partial charge in [0.05, 0.1) is 24.9 Å². The Hall–Kier alpha value is -4.17. The first-order valence-corrected chi connectivity index (χ1v) is 11.5. The lowest BCUT2D eigenvalue weighted by Crippen LogP contribution is -2.41. The number of methoxy groups -OCH3 is 1. The number of carbonyl (C=O) groups is 1. The first kappa shape index (κ1) is 21.7. The standard InChI is InChI=1S/C26H21N3O4S/c1-33-20-13-7-6-12-19(20)27-22(30)16-28-23-18-11-5-8-14-21(18)34-24(23)25(31)29(26(28)32)15-17-9-3-2-4-10-17/h2-14H,15-16H2,1H3,(H,27,30). The highest BCUT2D eigenvalue weighted by atomic mass is 32.1. The third-order valence-corrected chi connectivity index (χ3v) is 6.75. The van der Waals surface area contributed by atoms with E-state index in [1.807, 2.05) is 54.6 Å². The van der Waals surface area contributed by atoms with Crippen LogP contribution in [-0.4, -0.2) is 22.2 Å². The molecule has 0 fully saturated rings. The van der Waals surface area contributed by atoms with Crippen molar-refractivity contribution in [2.24, 2.45) is 0 Å². The van der Waals surface area contributed by atoms with Crippen molar-refractivity contribution in [3.63, 3.8) is 0 Å². The molecule has 5 rings (SSSR count). The van der Waals surface area contributed by atoms with Crippen molar-refractivity contribution in [2.45, 2.75) is 13.1 Å². The number of hydrogen-bond donors (Lipinski definition) is 1. The average Bonchev–Trinajstić information content (AvgIpc) is 3.25. The zero-order valence-corrected chi connectivity index (χ0v) is 19.2. The van der Waals surface area contributed by atoms with Crippen LogP contribution in [0.25, 0.3) is 20.3 Å². The molecule has 0 atom stereocenters.